The molecule has 2 aromatic heterocycles. The average Bonchev–Trinajstić information content (AvgIpc) is 3.33. The Morgan fingerprint density at radius 3 is 2.78 bits per heavy atom. The van der Waals surface area contributed by atoms with Crippen molar-refractivity contribution in [2.24, 2.45) is 0 Å². The topological polar surface area (TPSA) is 87.5 Å². The van der Waals surface area contributed by atoms with Crippen LogP contribution in [0.2, 0.25) is 0 Å². The van der Waals surface area contributed by atoms with Gasteiger partial charge in [0, 0.05) is 23.9 Å². The molecule has 27 heavy (non-hydrogen) atoms. The predicted octanol–water partition coefficient (Wildman–Crippen LogP) is 3.62. The van der Waals surface area contributed by atoms with E-state index in [1.54, 1.807) is 6.07 Å². The Bertz CT molecular complexity index is 866. The number of rotatable bonds is 3. The quantitative estimate of drug-likeness (QED) is 0.841. The first-order valence-electron chi connectivity index (χ1n) is 9.42. The van der Waals surface area contributed by atoms with E-state index in [0.717, 1.165) is 29.2 Å². The van der Waals surface area contributed by atoms with Crippen LogP contribution in [0.25, 0.3) is 0 Å². The highest BCUT2D eigenvalue weighted by Gasteiger charge is 2.27. The van der Waals surface area contributed by atoms with Crippen molar-refractivity contribution in [3.63, 3.8) is 0 Å². The predicted molar refractivity (Wildman–Crippen MR) is 103 cm³/mol. The van der Waals surface area contributed by atoms with Gasteiger partial charge in [-0.3, -0.25) is 10.1 Å². The van der Waals surface area contributed by atoms with Crippen LogP contribution in [-0.4, -0.2) is 34.4 Å². The third kappa shape index (κ3) is 3.85. The van der Waals surface area contributed by atoms with Crippen molar-refractivity contribution in [2.45, 2.75) is 58.5 Å². The number of nitrogens with zero attached hydrogens (tertiary/aromatic N) is 2. The second kappa shape index (κ2) is 7.34. The Balaban J connectivity index is 1.40. The lowest BCUT2D eigenvalue weighted by atomic mass is 10.1. The molecule has 1 aliphatic carbocycles. The molecule has 144 valence electrons. The summed E-state index contributed by atoms with van der Waals surface area (Å²) in [7, 11) is 0. The molecule has 0 bridgehead atoms. The molecule has 3 amide bonds. The normalized spacial score (nSPS) is 17.0. The van der Waals surface area contributed by atoms with Gasteiger partial charge in [0.25, 0.3) is 5.91 Å². The molecular formula is C19H24N4O3S. The van der Waals surface area contributed by atoms with Crippen molar-refractivity contribution in [1.29, 1.82) is 0 Å². The van der Waals surface area contributed by atoms with E-state index < -0.39 is 0 Å². The first-order chi connectivity index (χ1) is 13.0. The summed E-state index contributed by atoms with van der Waals surface area (Å²) in [5.74, 6) is 1.38. The van der Waals surface area contributed by atoms with Crippen molar-refractivity contribution in [2.75, 3.05) is 11.9 Å². The van der Waals surface area contributed by atoms with Crippen LogP contribution in [0.15, 0.2) is 10.5 Å². The van der Waals surface area contributed by atoms with E-state index in [0.29, 0.717) is 36.0 Å². The molecule has 0 atom stereocenters. The number of thiazole rings is 1. The number of hydrogen-bond donors (Lipinski definition) is 2. The van der Waals surface area contributed by atoms with E-state index in [9.17, 15) is 9.59 Å². The lowest BCUT2D eigenvalue weighted by molar-refractivity contribution is 0.0734. The summed E-state index contributed by atoms with van der Waals surface area (Å²) >= 11 is 1.45. The van der Waals surface area contributed by atoms with Gasteiger partial charge in [-0.25, -0.2) is 9.78 Å². The van der Waals surface area contributed by atoms with Crippen LogP contribution >= 0.6 is 11.3 Å². The molecule has 0 unspecified atom stereocenters. The number of carbonyl (C=O) groups is 2. The Morgan fingerprint density at radius 1 is 1.30 bits per heavy atom. The van der Waals surface area contributed by atoms with Crippen LogP contribution in [0, 0.1) is 13.8 Å². The molecular weight excluding hydrogens is 364 g/mol. The highest BCUT2D eigenvalue weighted by Crippen LogP contribution is 2.30. The smallest absolute Gasteiger partial charge is 0.321 e. The van der Waals surface area contributed by atoms with E-state index >= 15 is 0 Å². The molecule has 3 heterocycles. The molecule has 0 saturated heterocycles. The van der Waals surface area contributed by atoms with Crippen LogP contribution in [0.4, 0.5) is 9.93 Å². The Hall–Kier alpha value is -2.35. The van der Waals surface area contributed by atoms with Crippen molar-refractivity contribution >= 4 is 28.4 Å². The summed E-state index contributed by atoms with van der Waals surface area (Å²) in [5.41, 5.74) is 1.59. The largest absolute Gasteiger partial charge is 0.466 e. The highest BCUT2D eigenvalue weighted by molar-refractivity contribution is 7.15. The molecule has 1 saturated carbocycles. The molecule has 2 N–H and O–H groups in total. The molecule has 1 fully saturated rings. The fraction of sp³-hybridized carbons (Fsp3) is 0.526. The minimum absolute atomic E-state index is 0.0168. The average molecular weight is 388 g/mol. The number of carbonyl (C=O) groups excluding carboxylic acids is 2. The minimum atomic E-state index is -0.189. The van der Waals surface area contributed by atoms with Gasteiger partial charge in [-0.05, 0) is 32.8 Å². The number of nitrogens with one attached hydrogen (secondary N) is 2. The Kier molecular flexibility index (Phi) is 4.90. The molecule has 4 rings (SSSR count). The Labute approximate surface area is 162 Å². The summed E-state index contributed by atoms with van der Waals surface area (Å²) in [5, 5.41) is 6.46. The van der Waals surface area contributed by atoms with Gasteiger partial charge >= 0.3 is 6.03 Å². The number of urea groups is 1. The molecule has 1 aliphatic heterocycles. The molecule has 0 radical (unpaired) electrons. The van der Waals surface area contributed by atoms with Crippen LogP contribution in [0.5, 0.6) is 0 Å². The molecule has 0 spiro atoms. The third-order valence-corrected chi connectivity index (χ3v) is 6.20. The summed E-state index contributed by atoms with van der Waals surface area (Å²) in [6, 6.07) is 1.87. The SMILES string of the molecule is Cc1cc(C(=O)N2CCc3nc(NC(=O)NC4CCCC4)sc3C2)c(C)o1. The third-order valence-electron chi connectivity index (χ3n) is 5.20. The van der Waals surface area contributed by atoms with Gasteiger partial charge in [0.05, 0.1) is 17.8 Å². The second-order valence-electron chi connectivity index (χ2n) is 7.27. The van der Waals surface area contributed by atoms with E-state index in [4.69, 9.17) is 4.42 Å². The zero-order valence-corrected chi connectivity index (χ0v) is 16.4. The summed E-state index contributed by atoms with van der Waals surface area (Å²) in [6.45, 7) is 4.79. The number of furan rings is 1. The zero-order chi connectivity index (χ0) is 19.0. The van der Waals surface area contributed by atoms with E-state index in [1.807, 2.05) is 18.7 Å². The van der Waals surface area contributed by atoms with Crippen molar-refractivity contribution in [3.05, 3.63) is 33.7 Å². The Morgan fingerprint density at radius 2 is 2.07 bits per heavy atom. The fourth-order valence-electron chi connectivity index (χ4n) is 3.82. The molecule has 0 aromatic carbocycles. The van der Waals surface area contributed by atoms with Crippen LogP contribution in [0.3, 0.4) is 0 Å². The van der Waals surface area contributed by atoms with Gasteiger partial charge < -0.3 is 14.6 Å². The van der Waals surface area contributed by atoms with Gasteiger partial charge in [0.1, 0.15) is 11.5 Å². The fourth-order valence-corrected chi connectivity index (χ4v) is 4.84. The number of fused-ring (bicyclic) bond motifs is 1. The summed E-state index contributed by atoms with van der Waals surface area (Å²) in [6.07, 6.45) is 5.14. The number of hydrogen-bond acceptors (Lipinski definition) is 5. The molecule has 2 aliphatic rings. The van der Waals surface area contributed by atoms with Gasteiger partial charge in [0.2, 0.25) is 0 Å². The maximum atomic E-state index is 12.8. The molecule has 7 nitrogen and oxygen atoms in total. The van der Waals surface area contributed by atoms with Gasteiger partial charge in [-0.15, -0.1) is 0 Å². The number of aryl methyl sites for hydroxylation is 2. The second-order valence-corrected chi connectivity index (χ2v) is 8.36. The first kappa shape index (κ1) is 18.0. The van der Waals surface area contributed by atoms with E-state index in [-0.39, 0.29) is 18.0 Å². The summed E-state index contributed by atoms with van der Waals surface area (Å²) in [4.78, 5) is 32.3. The standard InChI is InChI=1S/C19H24N4O3S/c1-11-9-14(12(2)26-11)17(24)23-8-7-15-16(10-23)27-19(21-15)22-18(25)20-13-5-3-4-6-13/h9,13H,3-8,10H2,1-2H3,(H2,20,21,22,25). The van der Waals surface area contributed by atoms with Crippen molar-refractivity contribution < 1.29 is 14.0 Å². The summed E-state index contributed by atoms with van der Waals surface area (Å²) < 4.78 is 5.49. The van der Waals surface area contributed by atoms with Gasteiger partial charge in [-0.2, -0.15) is 0 Å². The lowest BCUT2D eigenvalue weighted by Crippen LogP contribution is -2.36. The lowest BCUT2D eigenvalue weighted by Gasteiger charge is -2.25. The van der Waals surface area contributed by atoms with Crippen LogP contribution in [-0.2, 0) is 13.0 Å². The molecule has 8 heteroatoms. The monoisotopic (exact) mass is 388 g/mol. The van der Waals surface area contributed by atoms with Crippen molar-refractivity contribution in [1.82, 2.24) is 15.2 Å². The number of aromatic nitrogens is 1. The first-order valence-corrected chi connectivity index (χ1v) is 10.2. The van der Waals surface area contributed by atoms with Crippen LogP contribution in [0.1, 0.15) is 58.1 Å². The van der Waals surface area contributed by atoms with Crippen LogP contribution < -0.4 is 10.6 Å². The number of anilines is 1. The van der Waals surface area contributed by atoms with E-state index in [1.165, 1.54) is 24.2 Å². The maximum absolute atomic E-state index is 12.8. The minimum Gasteiger partial charge on any atom is -0.466 e. The number of amides is 3. The highest BCUT2D eigenvalue weighted by atomic mass is 32.1. The van der Waals surface area contributed by atoms with Crippen molar-refractivity contribution in [3.8, 4) is 0 Å². The molecule has 2 aromatic rings. The van der Waals surface area contributed by atoms with Gasteiger partial charge in [0.15, 0.2) is 5.13 Å². The zero-order valence-electron chi connectivity index (χ0n) is 15.6. The van der Waals surface area contributed by atoms with E-state index in [2.05, 4.69) is 15.6 Å². The van der Waals surface area contributed by atoms with Gasteiger partial charge in [-0.1, -0.05) is 24.2 Å². The maximum Gasteiger partial charge on any atom is 0.321 e.